The third-order valence-electron chi connectivity index (χ3n) is 4.83. The number of anilines is 1. The molecule has 0 aliphatic carbocycles. The van der Waals surface area contributed by atoms with Crippen LogP contribution in [0.2, 0.25) is 0 Å². The molecule has 1 aliphatic heterocycles. The Morgan fingerprint density at radius 3 is 2.88 bits per heavy atom. The Labute approximate surface area is 147 Å². The lowest BCUT2D eigenvalue weighted by molar-refractivity contribution is -0.133. The normalized spacial score (nSPS) is 18.2. The Hall–Kier alpha value is -2.48. The largest absolute Gasteiger partial charge is 0.367 e. The Balaban J connectivity index is 1.51. The van der Waals surface area contributed by atoms with Crippen LogP contribution in [-0.4, -0.2) is 68.6 Å². The van der Waals surface area contributed by atoms with Gasteiger partial charge in [0.25, 0.3) is 0 Å². The number of nitrogens with zero attached hydrogens (tertiary/aromatic N) is 6. The summed E-state index contributed by atoms with van der Waals surface area (Å²) in [5.74, 6) is 0.142. The first-order chi connectivity index (χ1) is 12.1. The second-order valence-electron chi connectivity index (χ2n) is 6.53. The maximum absolute atomic E-state index is 12.5. The van der Waals surface area contributed by atoms with E-state index >= 15 is 0 Å². The molecule has 1 aliphatic rings. The van der Waals surface area contributed by atoms with Gasteiger partial charge in [0.2, 0.25) is 11.9 Å². The zero-order valence-corrected chi connectivity index (χ0v) is 14.6. The number of benzene rings is 1. The van der Waals surface area contributed by atoms with Gasteiger partial charge in [0.15, 0.2) is 0 Å². The van der Waals surface area contributed by atoms with Gasteiger partial charge in [-0.25, -0.2) is 4.68 Å². The van der Waals surface area contributed by atoms with Gasteiger partial charge in [-0.05, 0) is 41.8 Å². The third-order valence-corrected chi connectivity index (χ3v) is 4.83. The van der Waals surface area contributed by atoms with E-state index in [2.05, 4.69) is 44.7 Å². The number of amides is 1. The van der Waals surface area contributed by atoms with Gasteiger partial charge < -0.3 is 15.5 Å². The van der Waals surface area contributed by atoms with Crippen molar-refractivity contribution < 1.29 is 4.79 Å². The van der Waals surface area contributed by atoms with Crippen molar-refractivity contribution in [2.45, 2.75) is 31.8 Å². The molecule has 25 heavy (non-hydrogen) atoms. The van der Waals surface area contributed by atoms with E-state index in [0.717, 1.165) is 38.9 Å². The number of carbonyl (C=O) groups is 1. The Morgan fingerprint density at radius 1 is 1.36 bits per heavy atom. The number of aromatic nitrogens is 4. The average Bonchev–Trinajstić information content (AvgIpc) is 3.05. The van der Waals surface area contributed by atoms with E-state index in [1.54, 1.807) is 0 Å². The summed E-state index contributed by atoms with van der Waals surface area (Å²) in [4.78, 5) is 16.7. The quantitative estimate of drug-likeness (QED) is 0.817. The number of hydrogen-bond acceptors (Lipinski definition) is 6. The third kappa shape index (κ3) is 4.54. The summed E-state index contributed by atoms with van der Waals surface area (Å²) in [7, 11) is 1.86. The average molecular weight is 343 g/mol. The summed E-state index contributed by atoms with van der Waals surface area (Å²) < 4.78 is 1.33. The fourth-order valence-electron chi connectivity index (χ4n) is 3.25. The molecule has 2 heterocycles. The monoisotopic (exact) mass is 343 g/mol. The van der Waals surface area contributed by atoms with Gasteiger partial charge in [0.05, 0.1) is 0 Å². The van der Waals surface area contributed by atoms with Crippen LogP contribution < -0.4 is 5.73 Å². The van der Waals surface area contributed by atoms with E-state index < -0.39 is 0 Å². The number of rotatable bonds is 6. The molecule has 8 heteroatoms. The molecule has 1 atom stereocenters. The van der Waals surface area contributed by atoms with E-state index in [1.165, 1.54) is 10.2 Å². The van der Waals surface area contributed by atoms with Crippen LogP contribution in [0.15, 0.2) is 30.3 Å². The number of likely N-dealkylation sites (N-methyl/N-ethyl adjacent to an activating group) is 1. The second kappa shape index (κ2) is 8.06. The predicted octanol–water partition coefficient (Wildman–Crippen LogP) is 0.421. The van der Waals surface area contributed by atoms with Gasteiger partial charge >= 0.3 is 0 Å². The highest BCUT2D eigenvalue weighted by atomic mass is 16.2. The van der Waals surface area contributed by atoms with Gasteiger partial charge in [-0.1, -0.05) is 35.4 Å². The minimum atomic E-state index is -0.0195. The molecule has 1 saturated heterocycles. The Morgan fingerprint density at radius 2 is 2.16 bits per heavy atom. The van der Waals surface area contributed by atoms with Crippen molar-refractivity contribution >= 4 is 11.9 Å². The van der Waals surface area contributed by atoms with Crippen molar-refractivity contribution in [3.8, 4) is 0 Å². The minimum Gasteiger partial charge on any atom is -0.367 e. The fourth-order valence-corrected chi connectivity index (χ4v) is 3.25. The Bertz CT molecular complexity index is 687. The van der Waals surface area contributed by atoms with Crippen LogP contribution in [-0.2, 0) is 17.8 Å². The smallest absolute Gasteiger partial charge is 0.244 e. The maximum atomic E-state index is 12.5. The maximum Gasteiger partial charge on any atom is 0.244 e. The van der Waals surface area contributed by atoms with Gasteiger partial charge in [-0.3, -0.25) is 4.79 Å². The lowest BCUT2D eigenvalue weighted by Gasteiger charge is -2.37. The molecule has 8 nitrogen and oxygen atoms in total. The van der Waals surface area contributed by atoms with Crippen LogP contribution in [0.3, 0.4) is 0 Å². The molecule has 0 radical (unpaired) electrons. The molecule has 2 N–H and O–H groups in total. The molecule has 134 valence electrons. The van der Waals surface area contributed by atoms with Crippen molar-refractivity contribution in [3.63, 3.8) is 0 Å². The highest BCUT2D eigenvalue weighted by Gasteiger charge is 2.26. The molecule has 1 fully saturated rings. The first kappa shape index (κ1) is 17.3. The molecule has 0 saturated carbocycles. The van der Waals surface area contributed by atoms with Crippen LogP contribution in [0.5, 0.6) is 0 Å². The van der Waals surface area contributed by atoms with Gasteiger partial charge in [-0.15, -0.1) is 0 Å². The number of tetrazole rings is 1. The predicted molar refractivity (Wildman–Crippen MR) is 94.6 cm³/mol. The molecule has 0 unspecified atom stereocenters. The summed E-state index contributed by atoms with van der Waals surface area (Å²) >= 11 is 0. The van der Waals surface area contributed by atoms with E-state index in [1.807, 2.05) is 18.0 Å². The fraction of sp³-hybridized carbons (Fsp3) is 0.529. The van der Waals surface area contributed by atoms with Crippen LogP contribution in [0.4, 0.5) is 5.95 Å². The van der Waals surface area contributed by atoms with Crippen molar-refractivity contribution in [1.82, 2.24) is 30.0 Å². The lowest BCUT2D eigenvalue weighted by atomic mass is 10.0. The SMILES string of the molecule is CN(C(=O)Cn1nnnc1N)[C@@H]1CCCN(CCc2ccccc2)C1. The van der Waals surface area contributed by atoms with Crippen molar-refractivity contribution in [1.29, 1.82) is 0 Å². The zero-order chi connectivity index (χ0) is 17.6. The van der Waals surface area contributed by atoms with Crippen LogP contribution in [0, 0.1) is 0 Å². The van der Waals surface area contributed by atoms with Crippen LogP contribution in [0.25, 0.3) is 0 Å². The molecule has 1 aromatic carbocycles. The summed E-state index contributed by atoms with van der Waals surface area (Å²) in [5, 5.41) is 10.8. The first-order valence-corrected chi connectivity index (χ1v) is 8.67. The molecular weight excluding hydrogens is 318 g/mol. The number of nitrogens with two attached hydrogens (primary N) is 1. The number of carbonyl (C=O) groups excluding carboxylic acids is 1. The van der Waals surface area contributed by atoms with E-state index in [-0.39, 0.29) is 24.4 Å². The zero-order valence-electron chi connectivity index (χ0n) is 14.6. The summed E-state index contributed by atoms with van der Waals surface area (Å²) in [6, 6.07) is 10.7. The number of likely N-dealkylation sites (tertiary alicyclic amines) is 1. The van der Waals surface area contributed by atoms with Crippen molar-refractivity contribution in [2.24, 2.45) is 0 Å². The molecule has 0 bridgehead atoms. The minimum absolute atomic E-state index is 0.0195. The number of piperidine rings is 1. The van der Waals surface area contributed by atoms with E-state index in [4.69, 9.17) is 5.73 Å². The Kier molecular flexibility index (Phi) is 5.60. The lowest BCUT2D eigenvalue weighted by Crippen LogP contribution is -2.49. The van der Waals surface area contributed by atoms with Crippen LogP contribution >= 0.6 is 0 Å². The van der Waals surface area contributed by atoms with Crippen molar-refractivity contribution in [2.75, 3.05) is 32.4 Å². The van der Waals surface area contributed by atoms with Gasteiger partial charge in [0.1, 0.15) is 6.54 Å². The van der Waals surface area contributed by atoms with E-state index in [9.17, 15) is 4.79 Å². The van der Waals surface area contributed by atoms with Crippen molar-refractivity contribution in [3.05, 3.63) is 35.9 Å². The molecule has 2 aromatic rings. The number of hydrogen-bond donors (Lipinski definition) is 1. The highest BCUT2D eigenvalue weighted by Crippen LogP contribution is 2.16. The number of nitrogen functional groups attached to an aromatic ring is 1. The van der Waals surface area contributed by atoms with Gasteiger partial charge in [-0.2, -0.15) is 0 Å². The molecule has 1 aromatic heterocycles. The summed E-state index contributed by atoms with van der Waals surface area (Å²) in [6.07, 6.45) is 3.16. The highest BCUT2D eigenvalue weighted by molar-refractivity contribution is 5.76. The topological polar surface area (TPSA) is 93.2 Å². The summed E-state index contributed by atoms with van der Waals surface area (Å²) in [5.41, 5.74) is 6.98. The molecule has 3 rings (SSSR count). The van der Waals surface area contributed by atoms with E-state index in [0.29, 0.717) is 0 Å². The molecular formula is C17H25N7O. The standard InChI is InChI=1S/C17H25N7O/c1-22(16(25)13-24-17(18)19-20-21-24)15-8-5-10-23(12-15)11-9-14-6-3-2-4-7-14/h2-4,6-7,15H,5,8-13H2,1H3,(H2,18,19,21)/t15-/m1/s1. The molecule has 0 spiro atoms. The first-order valence-electron chi connectivity index (χ1n) is 8.67. The van der Waals surface area contributed by atoms with Crippen LogP contribution in [0.1, 0.15) is 18.4 Å². The van der Waals surface area contributed by atoms with Gasteiger partial charge in [0, 0.05) is 26.2 Å². The summed E-state index contributed by atoms with van der Waals surface area (Å²) in [6.45, 7) is 3.09. The second-order valence-corrected chi connectivity index (χ2v) is 6.53. The molecule has 1 amide bonds.